The van der Waals surface area contributed by atoms with Crippen LogP contribution in [-0.4, -0.2) is 18.4 Å². The first-order chi connectivity index (χ1) is 11.1. The van der Waals surface area contributed by atoms with Gasteiger partial charge in [0.2, 0.25) is 11.8 Å². The second-order valence-corrected chi connectivity index (χ2v) is 5.14. The third-order valence-corrected chi connectivity index (χ3v) is 3.25. The van der Waals surface area contributed by atoms with E-state index in [2.05, 4.69) is 10.6 Å². The van der Waals surface area contributed by atoms with Gasteiger partial charge >= 0.3 is 0 Å². The molecule has 0 fully saturated rings. The Morgan fingerprint density at radius 3 is 2.43 bits per heavy atom. The Labute approximate surface area is 134 Å². The van der Waals surface area contributed by atoms with Crippen molar-refractivity contribution in [1.29, 1.82) is 5.26 Å². The quantitative estimate of drug-likeness (QED) is 0.888. The number of aryl methyl sites for hydroxylation is 1. The van der Waals surface area contributed by atoms with E-state index in [1.54, 1.807) is 24.3 Å². The van der Waals surface area contributed by atoms with Crippen LogP contribution < -0.4 is 10.6 Å². The Hall–Kier alpha value is -3.13. The maximum Gasteiger partial charge on any atom is 0.243 e. The average Bonchev–Trinajstić information content (AvgIpc) is 2.55. The van der Waals surface area contributed by atoms with Crippen molar-refractivity contribution >= 4 is 17.5 Å². The molecular formula is C18H17N3O2. The molecule has 23 heavy (non-hydrogen) atoms. The predicted octanol–water partition coefficient (Wildman–Crippen LogP) is 2.16. The summed E-state index contributed by atoms with van der Waals surface area (Å²) in [6.45, 7) is 1.84. The van der Waals surface area contributed by atoms with E-state index >= 15 is 0 Å². The van der Waals surface area contributed by atoms with Crippen molar-refractivity contribution in [2.45, 2.75) is 13.3 Å². The lowest BCUT2D eigenvalue weighted by Crippen LogP contribution is -2.33. The molecular weight excluding hydrogens is 290 g/mol. The average molecular weight is 307 g/mol. The number of nitrogens with zero attached hydrogens (tertiary/aromatic N) is 1. The summed E-state index contributed by atoms with van der Waals surface area (Å²) in [6.07, 6.45) is 0.225. The van der Waals surface area contributed by atoms with Gasteiger partial charge in [0.25, 0.3) is 0 Å². The summed E-state index contributed by atoms with van der Waals surface area (Å²) in [5.74, 6) is -0.595. The zero-order valence-electron chi connectivity index (χ0n) is 12.8. The number of nitriles is 1. The Kier molecular flexibility index (Phi) is 5.48. The summed E-state index contributed by atoms with van der Waals surface area (Å²) >= 11 is 0. The fourth-order valence-corrected chi connectivity index (χ4v) is 2.02. The fraction of sp³-hybridized carbons (Fsp3) is 0.167. The van der Waals surface area contributed by atoms with Crippen LogP contribution in [0, 0.1) is 18.3 Å². The summed E-state index contributed by atoms with van der Waals surface area (Å²) < 4.78 is 0. The molecule has 0 bridgehead atoms. The lowest BCUT2D eigenvalue weighted by molar-refractivity contribution is -0.123. The van der Waals surface area contributed by atoms with Crippen LogP contribution >= 0.6 is 0 Å². The third-order valence-electron chi connectivity index (χ3n) is 3.25. The minimum Gasteiger partial charge on any atom is -0.347 e. The Morgan fingerprint density at radius 2 is 1.74 bits per heavy atom. The van der Waals surface area contributed by atoms with Gasteiger partial charge in [0.1, 0.15) is 6.07 Å². The number of hydrogen-bond donors (Lipinski definition) is 2. The minimum absolute atomic E-state index is 0.134. The van der Waals surface area contributed by atoms with E-state index in [-0.39, 0.29) is 24.8 Å². The van der Waals surface area contributed by atoms with Crippen molar-refractivity contribution < 1.29 is 9.59 Å². The number of rotatable bonds is 5. The molecule has 5 nitrogen and oxygen atoms in total. The molecule has 0 atom stereocenters. The predicted molar refractivity (Wildman–Crippen MR) is 87.7 cm³/mol. The van der Waals surface area contributed by atoms with Crippen molar-refractivity contribution in [3.05, 3.63) is 65.2 Å². The maximum absolute atomic E-state index is 11.8. The summed E-state index contributed by atoms with van der Waals surface area (Å²) in [5, 5.41) is 14.1. The SMILES string of the molecule is Cc1ccc(CC(=O)NCC(=O)Nc2ccccc2C#N)cc1. The van der Waals surface area contributed by atoms with Gasteiger partial charge in [-0.1, -0.05) is 42.0 Å². The second kappa shape index (κ2) is 7.76. The van der Waals surface area contributed by atoms with Crippen LogP contribution in [0.5, 0.6) is 0 Å². The van der Waals surface area contributed by atoms with E-state index in [1.807, 2.05) is 37.3 Å². The van der Waals surface area contributed by atoms with Crippen LogP contribution in [0.1, 0.15) is 16.7 Å². The molecule has 2 aromatic rings. The van der Waals surface area contributed by atoms with Crippen LogP contribution in [0.4, 0.5) is 5.69 Å². The number of hydrogen-bond acceptors (Lipinski definition) is 3. The minimum atomic E-state index is -0.370. The van der Waals surface area contributed by atoms with E-state index < -0.39 is 0 Å². The molecule has 0 aliphatic carbocycles. The maximum atomic E-state index is 11.8. The molecule has 0 unspecified atom stereocenters. The molecule has 0 aromatic heterocycles. The van der Waals surface area contributed by atoms with Crippen LogP contribution in [0.2, 0.25) is 0 Å². The zero-order valence-corrected chi connectivity index (χ0v) is 12.8. The van der Waals surface area contributed by atoms with E-state index in [1.165, 1.54) is 0 Å². The number of anilines is 1. The molecule has 0 heterocycles. The zero-order chi connectivity index (χ0) is 16.7. The van der Waals surface area contributed by atoms with Gasteiger partial charge in [0.15, 0.2) is 0 Å². The number of benzene rings is 2. The van der Waals surface area contributed by atoms with Gasteiger partial charge in [-0.2, -0.15) is 5.26 Å². The summed E-state index contributed by atoms with van der Waals surface area (Å²) in [5.41, 5.74) is 2.84. The number of carbonyl (C=O) groups is 2. The first-order valence-corrected chi connectivity index (χ1v) is 7.19. The molecule has 0 radical (unpaired) electrons. The van der Waals surface area contributed by atoms with Gasteiger partial charge in [-0.15, -0.1) is 0 Å². The largest absolute Gasteiger partial charge is 0.347 e. The molecule has 0 aliphatic rings. The number of amides is 2. The Morgan fingerprint density at radius 1 is 1.04 bits per heavy atom. The summed E-state index contributed by atoms with van der Waals surface area (Å²) in [7, 11) is 0. The highest BCUT2D eigenvalue weighted by Gasteiger charge is 2.08. The van der Waals surface area contributed by atoms with Crippen molar-refractivity contribution in [2.24, 2.45) is 0 Å². The van der Waals surface area contributed by atoms with E-state index in [0.29, 0.717) is 11.3 Å². The first-order valence-electron chi connectivity index (χ1n) is 7.19. The Bertz CT molecular complexity index is 746. The monoisotopic (exact) mass is 307 g/mol. The second-order valence-electron chi connectivity index (χ2n) is 5.14. The molecule has 116 valence electrons. The van der Waals surface area contributed by atoms with Gasteiger partial charge in [-0.25, -0.2) is 0 Å². The number of para-hydroxylation sites is 1. The van der Waals surface area contributed by atoms with Crippen molar-refractivity contribution in [3.8, 4) is 6.07 Å². The molecule has 2 N–H and O–H groups in total. The molecule has 0 spiro atoms. The molecule has 2 amide bonds. The summed E-state index contributed by atoms with van der Waals surface area (Å²) in [6, 6.07) is 16.4. The standard InChI is InChI=1S/C18H17N3O2/c1-13-6-8-14(9-7-13)10-17(22)20-12-18(23)21-16-5-3-2-4-15(16)11-19/h2-9H,10,12H2,1H3,(H,20,22)(H,21,23). The Balaban J connectivity index is 1.83. The van der Waals surface area contributed by atoms with E-state index in [9.17, 15) is 9.59 Å². The van der Waals surface area contributed by atoms with Gasteiger partial charge in [0.05, 0.1) is 24.2 Å². The van der Waals surface area contributed by atoms with Gasteiger partial charge in [-0.05, 0) is 24.6 Å². The van der Waals surface area contributed by atoms with E-state index in [4.69, 9.17) is 5.26 Å². The third kappa shape index (κ3) is 4.97. The molecule has 0 saturated carbocycles. The molecule has 2 rings (SSSR count). The van der Waals surface area contributed by atoms with Crippen LogP contribution in [0.3, 0.4) is 0 Å². The van der Waals surface area contributed by atoms with Crippen molar-refractivity contribution in [3.63, 3.8) is 0 Å². The van der Waals surface area contributed by atoms with Gasteiger partial charge in [0, 0.05) is 0 Å². The molecule has 0 saturated heterocycles. The van der Waals surface area contributed by atoms with Crippen molar-refractivity contribution in [1.82, 2.24) is 5.32 Å². The lowest BCUT2D eigenvalue weighted by Gasteiger charge is -2.08. The highest BCUT2D eigenvalue weighted by atomic mass is 16.2. The van der Waals surface area contributed by atoms with Crippen LogP contribution in [-0.2, 0) is 16.0 Å². The lowest BCUT2D eigenvalue weighted by atomic mass is 10.1. The highest BCUT2D eigenvalue weighted by molar-refractivity contribution is 5.95. The molecule has 5 heteroatoms. The normalized spacial score (nSPS) is 9.74. The summed E-state index contributed by atoms with van der Waals surface area (Å²) in [4.78, 5) is 23.7. The number of nitrogens with one attached hydrogen (secondary N) is 2. The van der Waals surface area contributed by atoms with Crippen molar-refractivity contribution in [2.75, 3.05) is 11.9 Å². The highest BCUT2D eigenvalue weighted by Crippen LogP contribution is 2.12. The van der Waals surface area contributed by atoms with Gasteiger partial charge < -0.3 is 10.6 Å². The molecule has 2 aromatic carbocycles. The first kappa shape index (κ1) is 16.2. The smallest absolute Gasteiger partial charge is 0.243 e. The van der Waals surface area contributed by atoms with Crippen LogP contribution in [0.25, 0.3) is 0 Å². The fourth-order valence-electron chi connectivity index (χ4n) is 2.02. The molecule has 0 aliphatic heterocycles. The van der Waals surface area contributed by atoms with Crippen LogP contribution in [0.15, 0.2) is 48.5 Å². The van der Waals surface area contributed by atoms with E-state index in [0.717, 1.165) is 11.1 Å². The number of carbonyl (C=O) groups excluding carboxylic acids is 2. The topological polar surface area (TPSA) is 82.0 Å². The van der Waals surface area contributed by atoms with Gasteiger partial charge in [-0.3, -0.25) is 9.59 Å².